The molecule has 10 heteroatoms. The number of ether oxygens (including phenoxy) is 1. The molecule has 0 unspecified atom stereocenters. The first kappa shape index (κ1) is 28.4. The van der Waals surface area contributed by atoms with E-state index in [1.54, 1.807) is 6.20 Å². The van der Waals surface area contributed by atoms with Crippen molar-refractivity contribution in [1.29, 1.82) is 0 Å². The number of anilines is 2. The first-order valence-corrected chi connectivity index (χ1v) is 16.0. The molecule has 2 aliphatic rings. The van der Waals surface area contributed by atoms with Crippen LogP contribution in [0, 0.1) is 0 Å². The topological polar surface area (TPSA) is 72.6 Å². The van der Waals surface area contributed by atoms with E-state index in [0.717, 1.165) is 94.4 Å². The molecule has 8 nitrogen and oxygen atoms in total. The highest BCUT2D eigenvalue weighted by Crippen LogP contribution is 2.33. The Morgan fingerprint density at radius 3 is 2.54 bits per heavy atom. The maximum Gasteiger partial charge on any atom is 0.180 e. The van der Waals surface area contributed by atoms with E-state index in [1.807, 2.05) is 11.3 Å². The van der Waals surface area contributed by atoms with E-state index in [4.69, 9.17) is 21.3 Å². The van der Waals surface area contributed by atoms with Crippen molar-refractivity contribution in [2.75, 3.05) is 62.6 Å². The fourth-order valence-electron chi connectivity index (χ4n) is 5.75. The number of hydrogen-bond acceptors (Lipinski definition) is 8. The lowest BCUT2D eigenvalue weighted by Gasteiger charge is -2.36. The molecule has 0 atom stereocenters. The van der Waals surface area contributed by atoms with Gasteiger partial charge in [0.25, 0.3) is 0 Å². The lowest BCUT2D eigenvalue weighted by molar-refractivity contribution is 0.0579. The maximum absolute atomic E-state index is 6.66. The van der Waals surface area contributed by atoms with Crippen molar-refractivity contribution < 1.29 is 4.74 Å². The second kappa shape index (κ2) is 13.1. The number of nitrogens with one attached hydrogen (secondary N) is 2. The highest BCUT2D eigenvalue weighted by atomic mass is 35.5. The van der Waals surface area contributed by atoms with E-state index >= 15 is 0 Å². The lowest BCUT2D eigenvalue weighted by atomic mass is 10.0. The summed E-state index contributed by atoms with van der Waals surface area (Å²) in [6, 6.07) is 13.4. The molecule has 6 rings (SSSR count). The standard InChI is InChI=1S/C31H40ClN7OS/c1-22(2)40-18-17-37-13-15-39(16-14-37)25-7-5-23(6-8-25)30-35-29-28(27(32)20-33-31(29)36-30)34-24-9-11-38(12-10-24)21-26-4-3-19-41-26/h3-8,19-20,22,24H,9-18,21H2,1-2H3,(H2,33,34,35,36). The van der Waals surface area contributed by atoms with Gasteiger partial charge in [-0.1, -0.05) is 17.7 Å². The van der Waals surface area contributed by atoms with Crippen molar-refractivity contribution >= 4 is 45.5 Å². The number of rotatable bonds is 10. The van der Waals surface area contributed by atoms with Crippen LogP contribution in [0.4, 0.5) is 11.4 Å². The number of H-pyrrole nitrogens is 1. The second-order valence-corrected chi connectivity index (χ2v) is 12.8. The van der Waals surface area contributed by atoms with Crippen molar-refractivity contribution in [3.8, 4) is 11.4 Å². The monoisotopic (exact) mass is 593 g/mol. The quantitative estimate of drug-likeness (QED) is 0.235. The summed E-state index contributed by atoms with van der Waals surface area (Å²) in [6.45, 7) is 13.3. The maximum atomic E-state index is 6.66. The molecule has 2 saturated heterocycles. The average Bonchev–Trinajstić information content (AvgIpc) is 3.66. The second-order valence-electron chi connectivity index (χ2n) is 11.3. The number of aromatic nitrogens is 3. The normalized spacial score (nSPS) is 17.6. The van der Waals surface area contributed by atoms with Crippen LogP contribution in [-0.4, -0.2) is 89.3 Å². The van der Waals surface area contributed by atoms with Gasteiger partial charge in [0.15, 0.2) is 5.65 Å². The molecule has 2 aliphatic heterocycles. The van der Waals surface area contributed by atoms with Crippen molar-refractivity contribution in [2.24, 2.45) is 0 Å². The van der Waals surface area contributed by atoms with Gasteiger partial charge in [-0.15, -0.1) is 11.3 Å². The van der Waals surface area contributed by atoms with Crippen LogP contribution >= 0.6 is 22.9 Å². The van der Waals surface area contributed by atoms with Crippen molar-refractivity contribution in [2.45, 2.75) is 45.4 Å². The van der Waals surface area contributed by atoms with Crippen molar-refractivity contribution in [3.05, 3.63) is 57.9 Å². The Balaban J connectivity index is 1.07. The summed E-state index contributed by atoms with van der Waals surface area (Å²) in [4.78, 5) is 21.8. The number of nitrogens with zero attached hydrogens (tertiary/aromatic N) is 5. The van der Waals surface area contributed by atoms with Crippen LogP contribution in [0.1, 0.15) is 31.6 Å². The van der Waals surface area contributed by atoms with Crippen LogP contribution in [0.5, 0.6) is 0 Å². The van der Waals surface area contributed by atoms with Gasteiger partial charge >= 0.3 is 0 Å². The number of pyridine rings is 1. The molecule has 0 amide bonds. The Labute approximate surface area is 251 Å². The van der Waals surface area contributed by atoms with E-state index in [-0.39, 0.29) is 0 Å². The van der Waals surface area contributed by atoms with Gasteiger partial charge in [0.1, 0.15) is 11.3 Å². The summed E-state index contributed by atoms with van der Waals surface area (Å²) in [6.07, 6.45) is 4.16. The number of hydrogen-bond donors (Lipinski definition) is 2. The molecule has 0 aliphatic carbocycles. The summed E-state index contributed by atoms with van der Waals surface area (Å²) in [5.41, 5.74) is 4.75. The van der Waals surface area contributed by atoms with Gasteiger partial charge in [-0.2, -0.15) is 0 Å². The molecule has 218 valence electrons. The Morgan fingerprint density at radius 2 is 1.83 bits per heavy atom. The van der Waals surface area contributed by atoms with Crippen LogP contribution in [-0.2, 0) is 11.3 Å². The molecule has 0 radical (unpaired) electrons. The summed E-state index contributed by atoms with van der Waals surface area (Å²) >= 11 is 8.50. The van der Waals surface area contributed by atoms with E-state index in [9.17, 15) is 0 Å². The first-order chi connectivity index (χ1) is 20.0. The summed E-state index contributed by atoms with van der Waals surface area (Å²) in [5.74, 6) is 0.810. The highest BCUT2D eigenvalue weighted by molar-refractivity contribution is 7.09. The molecular weight excluding hydrogens is 554 g/mol. The predicted octanol–water partition coefficient (Wildman–Crippen LogP) is 5.96. The molecule has 4 aromatic rings. The minimum absolute atomic E-state index is 0.294. The number of piperidine rings is 1. The smallest absolute Gasteiger partial charge is 0.180 e. The molecule has 5 heterocycles. The Bertz CT molecular complexity index is 1390. The molecule has 0 bridgehead atoms. The minimum atomic E-state index is 0.294. The number of benzene rings is 1. The molecule has 0 spiro atoms. The summed E-state index contributed by atoms with van der Waals surface area (Å²) in [5, 5.41) is 6.50. The summed E-state index contributed by atoms with van der Waals surface area (Å²) < 4.78 is 5.72. The fraction of sp³-hybridized carbons (Fsp3) is 0.484. The third-order valence-corrected chi connectivity index (χ3v) is 9.25. The Kier molecular flexibility index (Phi) is 9.07. The Morgan fingerprint density at radius 1 is 1.05 bits per heavy atom. The van der Waals surface area contributed by atoms with Gasteiger partial charge in [-0.05, 0) is 62.4 Å². The van der Waals surface area contributed by atoms with E-state index in [2.05, 4.69) is 85.6 Å². The third-order valence-electron chi connectivity index (χ3n) is 8.11. The zero-order valence-corrected chi connectivity index (χ0v) is 25.6. The molecule has 3 aromatic heterocycles. The number of likely N-dealkylation sites (tertiary alicyclic amines) is 1. The lowest BCUT2D eigenvalue weighted by Crippen LogP contribution is -2.47. The van der Waals surface area contributed by atoms with Crippen LogP contribution < -0.4 is 10.2 Å². The van der Waals surface area contributed by atoms with E-state index < -0.39 is 0 Å². The number of fused-ring (bicyclic) bond motifs is 1. The van der Waals surface area contributed by atoms with Crippen LogP contribution in [0.15, 0.2) is 48.0 Å². The van der Waals surface area contributed by atoms with E-state index in [0.29, 0.717) is 22.8 Å². The largest absolute Gasteiger partial charge is 0.379 e. The molecule has 2 fully saturated rings. The van der Waals surface area contributed by atoms with Crippen LogP contribution in [0.3, 0.4) is 0 Å². The number of aromatic amines is 1. The first-order valence-electron chi connectivity index (χ1n) is 14.8. The van der Waals surface area contributed by atoms with Gasteiger partial charge < -0.3 is 19.9 Å². The van der Waals surface area contributed by atoms with Gasteiger partial charge in [-0.3, -0.25) is 9.80 Å². The van der Waals surface area contributed by atoms with Gasteiger partial charge in [0.05, 0.1) is 29.6 Å². The average molecular weight is 594 g/mol. The molecule has 2 N–H and O–H groups in total. The molecule has 0 saturated carbocycles. The Hall–Kier alpha value is -2.69. The number of halogens is 1. The third kappa shape index (κ3) is 7.04. The predicted molar refractivity (Wildman–Crippen MR) is 170 cm³/mol. The number of thiophene rings is 1. The zero-order chi connectivity index (χ0) is 28.2. The SMILES string of the molecule is CC(C)OCCN1CCN(c2ccc(-c3nc4ncc(Cl)c(NC5CCN(Cc6cccs6)CC5)c4[nH]3)cc2)CC1. The molecule has 1 aromatic carbocycles. The number of piperazine rings is 1. The molecule has 41 heavy (non-hydrogen) atoms. The minimum Gasteiger partial charge on any atom is -0.379 e. The van der Waals surface area contributed by atoms with Gasteiger partial charge in [0.2, 0.25) is 0 Å². The van der Waals surface area contributed by atoms with Crippen LogP contribution in [0.25, 0.3) is 22.6 Å². The highest BCUT2D eigenvalue weighted by Gasteiger charge is 2.23. The molecular formula is C31H40ClN7OS. The zero-order valence-electron chi connectivity index (χ0n) is 24.0. The van der Waals surface area contributed by atoms with Gasteiger partial charge in [-0.25, -0.2) is 9.97 Å². The van der Waals surface area contributed by atoms with E-state index in [1.165, 1.54) is 10.6 Å². The van der Waals surface area contributed by atoms with Crippen molar-refractivity contribution in [1.82, 2.24) is 24.8 Å². The van der Waals surface area contributed by atoms with Crippen LogP contribution in [0.2, 0.25) is 5.02 Å². The van der Waals surface area contributed by atoms with Gasteiger partial charge in [0, 0.05) is 74.5 Å². The van der Waals surface area contributed by atoms with Crippen molar-refractivity contribution in [3.63, 3.8) is 0 Å². The fourth-order valence-corrected chi connectivity index (χ4v) is 6.70. The number of imidazole rings is 1. The summed E-state index contributed by atoms with van der Waals surface area (Å²) in [7, 11) is 0.